The Morgan fingerprint density at radius 3 is 2.41 bits per heavy atom. The van der Waals surface area contributed by atoms with Crippen LogP contribution in [0.25, 0.3) is 11.4 Å². The van der Waals surface area contributed by atoms with Crippen molar-refractivity contribution in [2.24, 2.45) is 0 Å². The molecule has 1 heterocycles. The summed E-state index contributed by atoms with van der Waals surface area (Å²) in [4.78, 5) is 24.0. The molecule has 0 spiro atoms. The molecule has 1 N–H and O–H groups in total. The zero-order chi connectivity index (χ0) is 20.6. The number of nitrogens with zero attached hydrogens (tertiary/aromatic N) is 3. The van der Waals surface area contributed by atoms with Gasteiger partial charge < -0.3 is 14.6 Å². The van der Waals surface area contributed by atoms with Crippen molar-refractivity contribution in [2.45, 2.75) is 25.5 Å². The van der Waals surface area contributed by atoms with Crippen LogP contribution in [0.5, 0.6) is 0 Å². The monoisotopic (exact) mass is 410 g/mol. The first-order valence-electron chi connectivity index (χ1n) is 9.30. The molecule has 7 nitrogen and oxygen atoms in total. The first-order valence-corrected chi connectivity index (χ1v) is 10.3. The second kappa shape index (κ2) is 9.88. The molecule has 3 rings (SSSR count). The molecule has 0 atom stereocenters. The van der Waals surface area contributed by atoms with Gasteiger partial charge >= 0.3 is 5.97 Å². The maximum absolute atomic E-state index is 12.3. The van der Waals surface area contributed by atoms with Crippen molar-refractivity contribution in [1.29, 1.82) is 0 Å². The molecule has 29 heavy (non-hydrogen) atoms. The summed E-state index contributed by atoms with van der Waals surface area (Å²) in [6, 6.07) is 16.4. The van der Waals surface area contributed by atoms with Gasteiger partial charge in [-0.15, -0.1) is 10.2 Å². The third kappa shape index (κ3) is 5.23. The van der Waals surface area contributed by atoms with Crippen LogP contribution in [0.2, 0.25) is 0 Å². The topological polar surface area (TPSA) is 86.1 Å². The number of aromatic nitrogens is 3. The molecular formula is C21H22N4O3S. The van der Waals surface area contributed by atoms with E-state index < -0.39 is 0 Å². The molecular weight excluding hydrogens is 388 g/mol. The van der Waals surface area contributed by atoms with E-state index in [0.29, 0.717) is 29.6 Å². The van der Waals surface area contributed by atoms with Gasteiger partial charge in [-0.25, -0.2) is 4.79 Å². The van der Waals surface area contributed by atoms with E-state index in [9.17, 15) is 9.59 Å². The molecule has 2 aromatic carbocycles. The van der Waals surface area contributed by atoms with Gasteiger partial charge in [0.2, 0.25) is 5.91 Å². The quantitative estimate of drug-likeness (QED) is 0.448. The number of carbonyl (C=O) groups is 2. The zero-order valence-corrected chi connectivity index (χ0v) is 17.1. The van der Waals surface area contributed by atoms with Crippen molar-refractivity contribution in [2.75, 3.05) is 17.7 Å². The Kier molecular flexibility index (Phi) is 7.02. The number of rotatable bonds is 8. The highest BCUT2D eigenvalue weighted by Gasteiger charge is 2.14. The number of anilines is 1. The van der Waals surface area contributed by atoms with Gasteiger partial charge in [0.15, 0.2) is 11.0 Å². The van der Waals surface area contributed by atoms with Crippen LogP contribution in [0.3, 0.4) is 0 Å². The van der Waals surface area contributed by atoms with Crippen molar-refractivity contribution >= 4 is 29.3 Å². The number of hydrogen-bond donors (Lipinski definition) is 1. The minimum atomic E-state index is -0.381. The Balaban J connectivity index is 1.60. The SMILES string of the molecule is CCOC(=O)c1ccc(NC(=O)CSc2nnc(-c3ccccc3)n2CC)cc1. The summed E-state index contributed by atoms with van der Waals surface area (Å²) in [6.07, 6.45) is 0. The van der Waals surface area contributed by atoms with Gasteiger partial charge in [0.25, 0.3) is 0 Å². The maximum atomic E-state index is 12.3. The second-order valence-corrected chi connectivity index (χ2v) is 6.99. The largest absolute Gasteiger partial charge is 0.462 e. The Morgan fingerprint density at radius 2 is 1.76 bits per heavy atom. The summed E-state index contributed by atoms with van der Waals surface area (Å²) < 4.78 is 6.93. The van der Waals surface area contributed by atoms with Crippen molar-refractivity contribution in [1.82, 2.24) is 14.8 Å². The summed E-state index contributed by atoms with van der Waals surface area (Å²) in [6.45, 7) is 4.80. The molecule has 0 bridgehead atoms. The Morgan fingerprint density at radius 1 is 1.03 bits per heavy atom. The van der Waals surface area contributed by atoms with Gasteiger partial charge in [0, 0.05) is 17.8 Å². The van der Waals surface area contributed by atoms with E-state index in [1.807, 2.05) is 41.8 Å². The fraction of sp³-hybridized carbons (Fsp3) is 0.238. The highest BCUT2D eigenvalue weighted by atomic mass is 32.2. The average molecular weight is 410 g/mol. The molecule has 0 radical (unpaired) electrons. The van der Waals surface area contributed by atoms with Gasteiger partial charge in [-0.05, 0) is 38.1 Å². The summed E-state index contributed by atoms with van der Waals surface area (Å²) >= 11 is 1.33. The van der Waals surface area contributed by atoms with Crippen molar-refractivity contribution in [3.8, 4) is 11.4 Å². The van der Waals surface area contributed by atoms with Crippen LogP contribution in [0.1, 0.15) is 24.2 Å². The summed E-state index contributed by atoms with van der Waals surface area (Å²) in [7, 11) is 0. The summed E-state index contributed by atoms with van der Waals surface area (Å²) in [5.41, 5.74) is 2.05. The van der Waals surface area contributed by atoms with Crippen LogP contribution in [-0.2, 0) is 16.1 Å². The fourth-order valence-electron chi connectivity index (χ4n) is 2.71. The summed E-state index contributed by atoms with van der Waals surface area (Å²) in [5, 5.41) is 12.0. The minimum absolute atomic E-state index is 0.161. The number of carbonyl (C=O) groups excluding carboxylic acids is 2. The van der Waals surface area contributed by atoms with Gasteiger partial charge in [0.1, 0.15) is 0 Å². The molecule has 0 aliphatic heterocycles. The highest BCUT2D eigenvalue weighted by molar-refractivity contribution is 7.99. The average Bonchev–Trinajstić information content (AvgIpc) is 3.16. The third-order valence-corrected chi connectivity index (χ3v) is 5.04. The van der Waals surface area contributed by atoms with Crippen LogP contribution in [0.15, 0.2) is 59.8 Å². The summed E-state index contributed by atoms with van der Waals surface area (Å²) in [5.74, 6) is 0.442. The second-order valence-electron chi connectivity index (χ2n) is 6.05. The predicted molar refractivity (Wildman–Crippen MR) is 113 cm³/mol. The normalized spacial score (nSPS) is 10.6. The van der Waals surface area contributed by atoms with E-state index in [2.05, 4.69) is 15.5 Å². The lowest BCUT2D eigenvalue weighted by molar-refractivity contribution is -0.113. The molecule has 150 valence electrons. The molecule has 0 aliphatic carbocycles. The molecule has 0 saturated carbocycles. The number of ether oxygens (including phenoxy) is 1. The Bertz CT molecular complexity index is 971. The molecule has 1 aromatic heterocycles. The van der Waals surface area contributed by atoms with E-state index in [0.717, 1.165) is 11.4 Å². The standard InChI is InChI=1S/C21H22N4O3S/c1-3-25-19(15-8-6-5-7-9-15)23-24-21(25)29-14-18(26)22-17-12-10-16(11-13-17)20(27)28-4-2/h5-13H,3-4,14H2,1-2H3,(H,22,26). The van der Waals surface area contributed by atoms with Crippen molar-refractivity contribution in [3.63, 3.8) is 0 Å². The number of esters is 1. The third-order valence-electron chi connectivity index (χ3n) is 4.08. The van der Waals surface area contributed by atoms with E-state index in [4.69, 9.17) is 4.74 Å². The molecule has 8 heteroatoms. The van der Waals surface area contributed by atoms with Gasteiger partial charge in [-0.2, -0.15) is 0 Å². The van der Waals surface area contributed by atoms with Gasteiger partial charge in [0.05, 0.1) is 17.9 Å². The lowest BCUT2D eigenvalue weighted by atomic mass is 10.2. The number of benzene rings is 2. The Labute approximate surface area is 173 Å². The predicted octanol–water partition coefficient (Wildman–Crippen LogP) is 3.87. The first-order chi connectivity index (χ1) is 14.1. The maximum Gasteiger partial charge on any atom is 0.338 e. The van der Waals surface area contributed by atoms with E-state index in [-0.39, 0.29) is 17.6 Å². The van der Waals surface area contributed by atoms with E-state index in [1.54, 1.807) is 31.2 Å². The number of nitrogens with one attached hydrogen (secondary N) is 1. The van der Waals surface area contributed by atoms with E-state index in [1.165, 1.54) is 11.8 Å². The van der Waals surface area contributed by atoms with Gasteiger partial charge in [-0.3, -0.25) is 4.79 Å². The lowest BCUT2D eigenvalue weighted by Crippen LogP contribution is -2.15. The number of hydrogen-bond acceptors (Lipinski definition) is 6. The van der Waals surface area contributed by atoms with Crippen LogP contribution in [0, 0.1) is 0 Å². The van der Waals surface area contributed by atoms with Crippen LogP contribution in [-0.4, -0.2) is 39.0 Å². The van der Waals surface area contributed by atoms with Crippen molar-refractivity contribution < 1.29 is 14.3 Å². The molecule has 0 unspecified atom stereocenters. The zero-order valence-electron chi connectivity index (χ0n) is 16.3. The molecule has 3 aromatic rings. The number of amides is 1. The van der Waals surface area contributed by atoms with Crippen LogP contribution in [0.4, 0.5) is 5.69 Å². The number of thioether (sulfide) groups is 1. The molecule has 0 saturated heterocycles. The first kappa shape index (κ1) is 20.6. The molecule has 0 fully saturated rings. The van der Waals surface area contributed by atoms with E-state index >= 15 is 0 Å². The van der Waals surface area contributed by atoms with Crippen LogP contribution < -0.4 is 5.32 Å². The van der Waals surface area contributed by atoms with Crippen LogP contribution >= 0.6 is 11.8 Å². The smallest absolute Gasteiger partial charge is 0.338 e. The molecule has 0 aliphatic rings. The van der Waals surface area contributed by atoms with Gasteiger partial charge in [-0.1, -0.05) is 42.1 Å². The highest BCUT2D eigenvalue weighted by Crippen LogP contribution is 2.24. The fourth-order valence-corrected chi connectivity index (χ4v) is 3.51. The minimum Gasteiger partial charge on any atom is -0.462 e. The molecule has 1 amide bonds. The van der Waals surface area contributed by atoms with Crippen molar-refractivity contribution in [3.05, 3.63) is 60.2 Å². The lowest BCUT2D eigenvalue weighted by Gasteiger charge is -2.08. The Hall–Kier alpha value is -3.13.